The number of nitriles is 1. The van der Waals surface area contributed by atoms with Gasteiger partial charge in [0.1, 0.15) is 5.82 Å². The third kappa shape index (κ3) is 2.87. The molecule has 100 valence electrons. The van der Waals surface area contributed by atoms with Crippen LogP contribution >= 0.6 is 15.9 Å². The summed E-state index contributed by atoms with van der Waals surface area (Å²) in [4.78, 5) is 15.0. The number of aromatic nitrogens is 1. The Labute approximate surface area is 123 Å². The molecule has 0 bridgehead atoms. The molecular formula is C13H9BrN4O2. The first-order chi connectivity index (χ1) is 9.51. The van der Waals surface area contributed by atoms with Gasteiger partial charge in [-0.3, -0.25) is 0 Å². The van der Waals surface area contributed by atoms with Gasteiger partial charge < -0.3 is 16.2 Å². The van der Waals surface area contributed by atoms with Gasteiger partial charge in [-0.05, 0) is 40.2 Å². The molecule has 1 aromatic heterocycles. The number of benzene rings is 1. The van der Waals surface area contributed by atoms with Crippen LogP contribution in [-0.4, -0.2) is 16.1 Å². The van der Waals surface area contributed by atoms with Crippen LogP contribution in [0, 0.1) is 11.3 Å². The summed E-state index contributed by atoms with van der Waals surface area (Å²) >= 11 is 3.32. The maximum absolute atomic E-state index is 11.0. The molecule has 0 amide bonds. The van der Waals surface area contributed by atoms with Crippen LogP contribution < -0.4 is 11.1 Å². The number of pyridine rings is 1. The summed E-state index contributed by atoms with van der Waals surface area (Å²) in [7, 11) is 0. The van der Waals surface area contributed by atoms with Crippen LogP contribution in [0.4, 0.5) is 17.2 Å². The van der Waals surface area contributed by atoms with Crippen LogP contribution in [0.2, 0.25) is 0 Å². The van der Waals surface area contributed by atoms with Crippen molar-refractivity contribution >= 4 is 39.1 Å². The molecule has 4 N–H and O–H groups in total. The number of carboxylic acids is 1. The molecule has 0 aliphatic heterocycles. The predicted octanol–water partition coefficient (Wildman–Crippen LogP) is 2.74. The van der Waals surface area contributed by atoms with Crippen molar-refractivity contribution in [1.82, 2.24) is 4.98 Å². The van der Waals surface area contributed by atoms with E-state index in [2.05, 4.69) is 26.2 Å². The number of aromatic carboxylic acids is 1. The van der Waals surface area contributed by atoms with E-state index in [1.807, 2.05) is 6.07 Å². The van der Waals surface area contributed by atoms with Crippen molar-refractivity contribution in [2.45, 2.75) is 0 Å². The fourth-order valence-corrected chi connectivity index (χ4v) is 2.02. The molecule has 0 aliphatic rings. The molecule has 2 aromatic rings. The average Bonchev–Trinajstić information content (AvgIpc) is 2.42. The lowest BCUT2D eigenvalue weighted by Gasteiger charge is -2.09. The number of carboxylic acid groups (broad SMARTS) is 1. The summed E-state index contributed by atoms with van der Waals surface area (Å²) in [6, 6.07) is 8.36. The highest BCUT2D eigenvalue weighted by molar-refractivity contribution is 9.10. The molecule has 20 heavy (non-hydrogen) atoms. The van der Waals surface area contributed by atoms with Gasteiger partial charge in [0.05, 0.1) is 34.8 Å². The molecule has 0 saturated heterocycles. The average molecular weight is 333 g/mol. The Kier molecular flexibility index (Phi) is 3.86. The molecule has 0 atom stereocenters. The molecule has 0 unspecified atom stereocenters. The molecule has 0 radical (unpaired) electrons. The van der Waals surface area contributed by atoms with E-state index in [4.69, 9.17) is 16.1 Å². The summed E-state index contributed by atoms with van der Waals surface area (Å²) in [5.74, 6) is -0.770. The third-order valence-corrected chi connectivity index (χ3v) is 3.18. The van der Waals surface area contributed by atoms with Crippen molar-refractivity contribution in [3.05, 3.63) is 46.1 Å². The lowest BCUT2D eigenvalue weighted by atomic mass is 10.2. The Morgan fingerprint density at radius 3 is 2.80 bits per heavy atom. The molecule has 1 heterocycles. The number of anilines is 3. The van der Waals surface area contributed by atoms with E-state index in [1.165, 1.54) is 12.3 Å². The van der Waals surface area contributed by atoms with E-state index in [1.54, 1.807) is 18.2 Å². The lowest BCUT2D eigenvalue weighted by molar-refractivity contribution is 0.0698. The smallest absolute Gasteiger partial charge is 0.337 e. The highest BCUT2D eigenvalue weighted by Crippen LogP contribution is 2.27. The number of hydrogen-bond donors (Lipinski definition) is 3. The Hall–Kier alpha value is -2.59. The molecule has 2 rings (SSSR count). The van der Waals surface area contributed by atoms with E-state index >= 15 is 0 Å². The zero-order chi connectivity index (χ0) is 14.7. The molecule has 7 heteroatoms. The SMILES string of the molecule is N#Cc1ccc(Nc2cc(C(=O)O)c(N)cn2)c(Br)c1. The van der Waals surface area contributed by atoms with Crippen molar-refractivity contribution in [2.75, 3.05) is 11.1 Å². The number of rotatable bonds is 3. The molecule has 0 fully saturated rings. The van der Waals surface area contributed by atoms with Crippen molar-refractivity contribution in [2.24, 2.45) is 0 Å². The number of nitrogen functional groups attached to an aromatic ring is 1. The predicted molar refractivity (Wildman–Crippen MR) is 77.7 cm³/mol. The molecule has 0 spiro atoms. The summed E-state index contributed by atoms with van der Waals surface area (Å²) in [5, 5.41) is 20.7. The normalized spacial score (nSPS) is 9.80. The van der Waals surface area contributed by atoms with Gasteiger partial charge in [-0.25, -0.2) is 9.78 Å². The summed E-state index contributed by atoms with van der Waals surface area (Å²) in [6.45, 7) is 0. The highest BCUT2D eigenvalue weighted by Gasteiger charge is 2.10. The van der Waals surface area contributed by atoms with Crippen molar-refractivity contribution in [1.29, 1.82) is 5.26 Å². The van der Waals surface area contributed by atoms with Gasteiger partial charge in [0.15, 0.2) is 0 Å². The molecule has 0 aliphatic carbocycles. The number of hydrogen-bond acceptors (Lipinski definition) is 5. The second kappa shape index (κ2) is 5.59. The van der Waals surface area contributed by atoms with E-state index in [9.17, 15) is 4.79 Å². The van der Waals surface area contributed by atoms with E-state index < -0.39 is 5.97 Å². The van der Waals surface area contributed by atoms with E-state index in [0.717, 1.165) is 0 Å². The molecule has 0 saturated carbocycles. The van der Waals surface area contributed by atoms with Crippen molar-refractivity contribution in [3.8, 4) is 6.07 Å². The molecule has 6 nitrogen and oxygen atoms in total. The second-order valence-electron chi connectivity index (χ2n) is 3.89. The van der Waals surface area contributed by atoms with Crippen LogP contribution in [0.25, 0.3) is 0 Å². The Balaban J connectivity index is 2.33. The topological polar surface area (TPSA) is 112 Å². The summed E-state index contributed by atoms with van der Waals surface area (Å²) < 4.78 is 0.673. The van der Waals surface area contributed by atoms with Gasteiger partial charge in [-0.1, -0.05) is 0 Å². The minimum atomic E-state index is -1.12. The lowest BCUT2D eigenvalue weighted by Crippen LogP contribution is -2.05. The minimum absolute atomic E-state index is 0.0210. The van der Waals surface area contributed by atoms with Crippen molar-refractivity contribution in [3.63, 3.8) is 0 Å². The first-order valence-corrected chi connectivity index (χ1v) is 6.26. The zero-order valence-corrected chi connectivity index (χ0v) is 11.7. The third-order valence-electron chi connectivity index (χ3n) is 2.53. The summed E-state index contributed by atoms with van der Waals surface area (Å²) in [6.07, 6.45) is 1.28. The van der Waals surface area contributed by atoms with Gasteiger partial charge in [0.25, 0.3) is 0 Å². The monoisotopic (exact) mass is 332 g/mol. The van der Waals surface area contributed by atoms with Crippen LogP contribution in [0.3, 0.4) is 0 Å². The van der Waals surface area contributed by atoms with Gasteiger partial charge in [0, 0.05) is 4.47 Å². The van der Waals surface area contributed by atoms with E-state index in [-0.39, 0.29) is 11.3 Å². The first kappa shape index (κ1) is 13.8. The van der Waals surface area contributed by atoms with Crippen LogP contribution in [0.5, 0.6) is 0 Å². The number of carbonyl (C=O) groups is 1. The van der Waals surface area contributed by atoms with Gasteiger partial charge in [-0.2, -0.15) is 5.26 Å². The maximum atomic E-state index is 11.0. The number of nitrogens with one attached hydrogen (secondary N) is 1. The van der Waals surface area contributed by atoms with Gasteiger partial charge >= 0.3 is 5.97 Å². The van der Waals surface area contributed by atoms with Gasteiger partial charge in [0.2, 0.25) is 0 Å². The number of nitrogens with two attached hydrogens (primary N) is 1. The maximum Gasteiger partial charge on any atom is 0.337 e. The Bertz CT molecular complexity index is 725. The Morgan fingerprint density at radius 1 is 1.45 bits per heavy atom. The first-order valence-electron chi connectivity index (χ1n) is 5.46. The van der Waals surface area contributed by atoms with Gasteiger partial charge in [-0.15, -0.1) is 0 Å². The Morgan fingerprint density at radius 2 is 2.20 bits per heavy atom. The number of nitrogens with zero attached hydrogens (tertiary/aromatic N) is 2. The van der Waals surface area contributed by atoms with Crippen LogP contribution in [0.15, 0.2) is 34.9 Å². The van der Waals surface area contributed by atoms with Crippen LogP contribution in [-0.2, 0) is 0 Å². The summed E-state index contributed by atoms with van der Waals surface area (Å²) in [5.41, 5.74) is 6.79. The molecular weight excluding hydrogens is 324 g/mol. The minimum Gasteiger partial charge on any atom is -0.478 e. The fourth-order valence-electron chi connectivity index (χ4n) is 1.54. The fraction of sp³-hybridized carbons (Fsp3) is 0. The standard InChI is InChI=1S/C13H9BrN4O2/c14-9-3-7(5-15)1-2-11(9)18-12-4-8(13(19)20)10(16)6-17-12/h1-4,6H,16H2,(H,17,18)(H,19,20). The zero-order valence-electron chi connectivity index (χ0n) is 10.1. The highest BCUT2D eigenvalue weighted by atomic mass is 79.9. The number of halogens is 1. The second-order valence-corrected chi connectivity index (χ2v) is 4.75. The molecule has 1 aromatic carbocycles. The quantitative estimate of drug-likeness (QED) is 0.796. The van der Waals surface area contributed by atoms with E-state index in [0.29, 0.717) is 21.5 Å². The largest absolute Gasteiger partial charge is 0.478 e. The van der Waals surface area contributed by atoms with Crippen LogP contribution in [0.1, 0.15) is 15.9 Å². The van der Waals surface area contributed by atoms with Crippen molar-refractivity contribution < 1.29 is 9.90 Å².